The number of carbonyl (C=O) groups excluding carboxylic acids is 1. The molecule has 3 heteroatoms. The van der Waals surface area contributed by atoms with Crippen LogP contribution in [0.4, 0.5) is 0 Å². The van der Waals surface area contributed by atoms with Crippen molar-refractivity contribution >= 4 is 5.91 Å². The summed E-state index contributed by atoms with van der Waals surface area (Å²) in [6, 6.07) is 9.72. The third-order valence-corrected chi connectivity index (χ3v) is 2.73. The van der Waals surface area contributed by atoms with Crippen molar-refractivity contribution in [2.75, 3.05) is 0 Å². The molecule has 78 valence electrons. The van der Waals surface area contributed by atoms with E-state index in [9.17, 15) is 4.79 Å². The third-order valence-electron chi connectivity index (χ3n) is 2.73. The van der Waals surface area contributed by atoms with E-state index in [4.69, 9.17) is 11.0 Å². The van der Waals surface area contributed by atoms with Crippen LogP contribution in [0.25, 0.3) is 0 Å². The maximum absolute atomic E-state index is 10.5. The first-order valence-electron chi connectivity index (χ1n) is 4.99. The molecule has 0 heterocycles. The van der Waals surface area contributed by atoms with Crippen LogP contribution < -0.4 is 5.73 Å². The van der Waals surface area contributed by atoms with Gasteiger partial charge in [0.1, 0.15) is 0 Å². The molecule has 1 aromatic carbocycles. The molecule has 0 radical (unpaired) electrons. The van der Waals surface area contributed by atoms with Crippen LogP contribution in [0.1, 0.15) is 24.0 Å². The molecule has 0 unspecified atom stereocenters. The van der Waals surface area contributed by atoms with Crippen molar-refractivity contribution in [3.05, 3.63) is 35.4 Å². The molecule has 0 aromatic heterocycles. The Kier molecular flexibility index (Phi) is 2.38. The van der Waals surface area contributed by atoms with E-state index in [0.717, 1.165) is 24.0 Å². The summed E-state index contributed by atoms with van der Waals surface area (Å²) in [5.41, 5.74) is 6.41. The number of rotatable bonds is 1. The van der Waals surface area contributed by atoms with Crippen molar-refractivity contribution in [3.63, 3.8) is 0 Å². The summed E-state index contributed by atoms with van der Waals surface area (Å²) in [6.45, 7) is 0. The second-order valence-electron chi connectivity index (χ2n) is 3.89. The summed E-state index contributed by atoms with van der Waals surface area (Å²) >= 11 is 0. The minimum Gasteiger partial charge on any atom is -0.359 e. The lowest BCUT2D eigenvalue weighted by atomic mass is 9.97. The quantitative estimate of drug-likeness (QED) is 0.705. The highest BCUT2D eigenvalue weighted by atomic mass is 16.1. The van der Waals surface area contributed by atoms with Crippen molar-refractivity contribution in [2.24, 2.45) is 5.73 Å². The standard InChI is InChI=1S/C13H10N2O/c14-9-13(7-8-13)11-4-1-10(2-5-11)3-6-12(15)16/h1-2,4-5H,7-8H2,(H2,15,16). The van der Waals surface area contributed by atoms with E-state index in [2.05, 4.69) is 17.9 Å². The largest absolute Gasteiger partial charge is 0.359 e. The summed E-state index contributed by atoms with van der Waals surface area (Å²) in [7, 11) is 0. The Morgan fingerprint density at radius 1 is 1.31 bits per heavy atom. The molecule has 1 aliphatic carbocycles. The van der Waals surface area contributed by atoms with Crippen LogP contribution in [0.15, 0.2) is 24.3 Å². The molecule has 0 aliphatic heterocycles. The summed E-state index contributed by atoms with van der Waals surface area (Å²) in [4.78, 5) is 10.5. The van der Waals surface area contributed by atoms with Gasteiger partial charge in [-0.15, -0.1) is 0 Å². The van der Waals surface area contributed by atoms with Crippen molar-refractivity contribution in [2.45, 2.75) is 18.3 Å². The predicted molar refractivity (Wildman–Crippen MR) is 59.0 cm³/mol. The van der Waals surface area contributed by atoms with E-state index in [1.165, 1.54) is 0 Å². The topological polar surface area (TPSA) is 66.9 Å². The maximum Gasteiger partial charge on any atom is 0.293 e. The minimum atomic E-state index is -0.639. The second kappa shape index (κ2) is 3.72. The van der Waals surface area contributed by atoms with Gasteiger partial charge < -0.3 is 5.73 Å². The number of amides is 1. The van der Waals surface area contributed by atoms with Crippen molar-refractivity contribution in [1.29, 1.82) is 5.26 Å². The Morgan fingerprint density at radius 2 is 1.94 bits per heavy atom. The highest BCUT2D eigenvalue weighted by Gasteiger charge is 2.44. The van der Waals surface area contributed by atoms with Gasteiger partial charge in [-0.3, -0.25) is 4.79 Å². The molecule has 0 atom stereocenters. The number of hydrogen-bond donors (Lipinski definition) is 1. The van der Waals surface area contributed by atoms with E-state index < -0.39 is 5.91 Å². The van der Waals surface area contributed by atoms with Gasteiger partial charge in [0, 0.05) is 5.56 Å². The predicted octanol–water partition coefficient (Wildman–Crippen LogP) is 1.08. The zero-order chi connectivity index (χ0) is 11.6. The number of hydrogen-bond acceptors (Lipinski definition) is 2. The molecule has 1 fully saturated rings. The molecule has 1 saturated carbocycles. The molecule has 1 aromatic rings. The van der Waals surface area contributed by atoms with Gasteiger partial charge in [0.25, 0.3) is 5.91 Å². The lowest BCUT2D eigenvalue weighted by molar-refractivity contribution is -0.112. The number of primary amides is 1. The summed E-state index contributed by atoms with van der Waals surface area (Å²) in [5, 5.41) is 9.02. The van der Waals surface area contributed by atoms with Crippen LogP contribution in [0.2, 0.25) is 0 Å². The zero-order valence-corrected chi connectivity index (χ0v) is 8.66. The zero-order valence-electron chi connectivity index (χ0n) is 8.66. The molecule has 2 N–H and O–H groups in total. The molecular formula is C13H10N2O. The average molecular weight is 210 g/mol. The normalized spacial score (nSPS) is 15.4. The minimum absolute atomic E-state index is 0.268. The summed E-state index contributed by atoms with van der Waals surface area (Å²) in [5.74, 6) is 4.29. The van der Waals surface area contributed by atoms with Crippen molar-refractivity contribution in [1.82, 2.24) is 0 Å². The molecule has 1 amide bonds. The lowest BCUT2D eigenvalue weighted by Gasteiger charge is -2.04. The van der Waals surface area contributed by atoms with Gasteiger partial charge in [0.2, 0.25) is 0 Å². The van der Waals surface area contributed by atoms with Crippen molar-refractivity contribution in [3.8, 4) is 17.9 Å². The van der Waals surface area contributed by atoms with Crippen LogP contribution >= 0.6 is 0 Å². The Labute approximate surface area is 93.9 Å². The van der Waals surface area contributed by atoms with Crippen LogP contribution in [-0.4, -0.2) is 5.91 Å². The van der Waals surface area contributed by atoms with E-state index >= 15 is 0 Å². The first-order chi connectivity index (χ1) is 7.66. The number of carbonyl (C=O) groups is 1. The van der Waals surface area contributed by atoms with Gasteiger partial charge >= 0.3 is 0 Å². The Bertz CT molecular complexity index is 522. The van der Waals surface area contributed by atoms with Gasteiger partial charge in [-0.2, -0.15) is 5.26 Å². The van der Waals surface area contributed by atoms with Crippen LogP contribution in [0, 0.1) is 23.2 Å². The summed E-state index contributed by atoms with van der Waals surface area (Å²) in [6.07, 6.45) is 1.85. The Morgan fingerprint density at radius 3 is 2.38 bits per heavy atom. The maximum atomic E-state index is 10.5. The van der Waals surface area contributed by atoms with E-state index in [-0.39, 0.29) is 5.41 Å². The van der Waals surface area contributed by atoms with E-state index in [1.807, 2.05) is 24.3 Å². The van der Waals surface area contributed by atoms with Gasteiger partial charge in [0.05, 0.1) is 11.5 Å². The molecule has 3 nitrogen and oxygen atoms in total. The van der Waals surface area contributed by atoms with E-state index in [1.54, 1.807) is 0 Å². The van der Waals surface area contributed by atoms with Crippen LogP contribution in [0.5, 0.6) is 0 Å². The second-order valence-corrected chi connectivity index (χ2v) is 3.89. The molecule has 2 rings (SSSR count). The lowest BCUT2D eigenvalue weighted by Crippen LogP contribution is -2.06. The Hall–Kier alpha value is -2.26. The SMILES string of the molecule is N#CC1(c2ccc(C#CC(N)=O)cc2)CC1. The molecular weight excluding hydrogens is 200 g/mol. The van der Waals surface area contributed by atoms with Gasteiger partial charge in [-0.1, -0.05) is 18.1 Å². The fraction of sp³-hybridized carbons (Fsp3) is 0.231. The highest BCUT2D eigenvalue weighted by Crippen LogP contribution is 2.47. The third kappa shape index (κ3) is 1.89. The number of nitriles is 1. The molecule has 1 aliphatic rings. The Balaban J connectivity index is 2.22. The summed E-state index contributed by atoms with van der Waals surface area (Å²) < 4.78 is 0. The number of benzene rings is 1. The van der Waals surface area contributed by atoms with Crippen LogP contribution in [-0.2, 0) is 10.2 Å². The first kappa shape index (κ1) is 10.3. The highest BCUT2D eigenvalue weighted by molar-refractivity contribution is 5.92. The monoisotopic (exact) mass is 210 g/mol. The number of nitrogens with two attached hydrogens (primary N) is 1. The fourth-order valence-electron chi connectivity index (χ4n) is 1.60. The van der Waals surface area contributed by atoms with Crippen LogP contribution in [0.3, 0.4) is 0 Å². The fourth-order valence-corrected chi connectivity index (χ4v) is 1.60. The van der Waals surface area contributed by atoms with Gasteiger partial charge in [-0.05, 0) is 36.5 Å². The van der Waals surface area contributed by atoms with Gasteiger partial charge in [-0.25, -0.2) is 0 Å². The van der Waals surface area contributed by atoms with Crippen molar-refractivity contribution < 1.29 is 4.79 Å². The van der Waals surface area contributed by atoms with Gasteiger partial charge in [0.15, 0.2) is 0 Å². The molecule has 0 saturated heterocycles. The molecule has 16 heavy (non-hydrogen) atoms. The molecule has 0 spiro atoms. The first-order valence-corrected chi connectivity index (χ1v) is 4.99. The smallest absolute Gasteiger partial charge is 0.293 e. The van der Waals surface area contributed by atoms with E-state index in [0.29, 0.717) is 0 Å². The number of nitrogens with zero attached hydrogens (tertiary/aromatic N) is 1. The average Bonchev–Trinajstić information content (AvgIpc) is 3.08. The molecule has 0 bridgehead atoms.